The van der Waals surface area contributed by atoms with Gasteiger partial charge in [-0.15, -0.1) is 0 Å². The van der Waals surface area contributed by atoms with Crippen LogP contribution in [0.3, 0.4) is 0 Å². The highest BCUT2D eigenvalue weighted by Crippen LogP contribution is 2.38. The van der Waals surface area contributed by atoms with Crippen molar-refractivity contribution in [2.45, 2.75) is 70.1 Å². The van der Waals surface area contributed by atoms with Gasteiger partial charge < -0.3 is 15.3 Å². The van der Waals surface area contributed by atoms with Gasteiger partial charge in [0.25, 0.3) is 0 Å². The van der Waals surface area contributed by atoms with Crippen LogP contribution in [0.2, 0.25) is 0 Å². The zero-order valence-corrected chi connectivity index (χ0v) is 11.9. The normalized spacial score (nSPS) is 33.1. The largest absolute Gasteiger partial charge is 0.403 e. The minimum atomic E-state index is -0.828. The fourth-order valence-corrected chi connectivity index (χ4v) is 2.96. The van der Waals surface area contributed by atoms with Crippen LogP contribution in [0, 0.1) is 11.8 Å². The van der Waals surface area contributed by atoms with E-state index in [2.05, 4.69) is 19.1 Å². The van der Waals surface area contributed by atoms with Gasteiger partial charge in [-0.2, -0.15) is 0 Å². The van der Waals surface area contributed by atoms with E-state index < -0.39 is 18.2 Å². The van der Waals surface area contributed by atoms with Crippen LogP contribution in [0.25, 0.3) is 0 Å². The van der Waals surface area contributed by atoms with Crippen LogP contribution in [0.4, 0.5) is 0 Å². The molecular weight excluding hydrogens is 239 g/mol. The molecule has 0 heterocycles. The number of rotatable bonds is 8. The fraction of sp³-hybridized carbons (Fsp3) is 0.867. The molecule has 1 aliphatic carbocycles. The van der Waals surface area contributed by atoms with Gasteiger partial charge in [0.1, 0.15) is 7.85 Å². The molecule has 3 N–H and O–H groups in total. The van der Waals surface area contributed by atoms with Crippen molar-refractivity contribution in [1.29, 1.82) is 0 Å². The van der Waals surface area contributed by atoms with Crippen molar-refractivity contribution in [2.75, 3.05) is 0 Å². The fourth-order valence-electron chi connectivity index (χ4n) is 2.96. The second kappa shape index (κ2) is 8.78. The summed E-state index contributed by atoms with van der Waals surface area (Å²) in [6, 6.07) is -0.828. The highest BCUT2D eigenvalue weighted by atomic mass is 16.3. The maximum atomic E-state index is 10.0. The van der Waals surface area contributed by atoms with E-state index in [9.17, 15) is 10.2 Å². The first-order valence-corrected chi connectivity index (χ1v) is 7.51. The van der Waals surface area contributed by atoms with Crippen molar-refractivity contribution in [1.82, 2.24) is 0 Å². The Morgan fingerprint density at radius 2 is 1.89 bits per heavy atom. The summed E-state index contributed by atoms with van der Waals surface area (Å²) in [5, 5.41) is 29.1. The SMILES string of the molecule is [B][C@@H](O)CC[C@@H]1[C@@H](C/C=C\CCCC)[C@@H](O)C[C@H]1O. The van der Waals surface area contributed by atoms with Gasteiger partial charge in [-0.25, -0.2) is 0 Å². The molecule has 0 bridgehead atoms. The molecule has 1 fully saturated rings. The number of aliphatic hydroxyl groups is 3. The number of aliphatic hydroxyl groups excluding tert-OH is 3. The van der Waals surface area contributed by atoms with Gasteiger partial charge in [0.15, 0.2) is 0 Å². The molecule has 3 nitrogen and oxygen atoms in total. The quantitative estimate of drug-likeness (QED) is 0.356. The predicted molar refractivity (Wildman–Crippen MR) is 77.9 cm³/mol. The van der Waals surface area contributed by atoms with E-state index in [1.807, 2.05) is 0 Å². The molecule has 0 amide bonds. The van der Waals surface area contributed by atoms with E-state index >= 15 is 0 Å². The maximum absolute atomic E-state index is 10.0. The minimum absolute atomic E-state index is 0.0454. The molecule has 108 valence electrons. The van der Waals surface area contributed by atoms with Crippen LogP contribution in [0.1, 0.15) is 51.9 Å². The Bertz CT molecular complexity index is 268. The summed E-state index contributed by atoms with van der Waals surface area (Å²) in [5.41, 5.74) is 0. The molecule has 2 radical (unpaired) electrons. The van der Waals surface area contributed by atoms with Gasteiger partial charge in [-0.1, -0.05) is 31.9 Å². The highest BCUT2D eigenvalue weighted by Gasteiger charge is 2.40. The van der Waals surface area contributed by atoms with Crippen molar-refractivity contribution >= 4 is 7.85 Å². The maximum Gasteiger partial charge on any atom is 0.108 e. The third kappa shape index (κ3) is 5.68. The summed E-state index contributed by atoms with van der Waals surface area (Å²) >= 11 is 0. The molecule has 19 heavy (non-hydrogen) atoms. The summed E-state index contributed by atoms with van der Waals surface area (Å²) in [4.78, 5) is 0. The molecule has 0 aromatic rings. The highest BCUT2D eigenvalue weighted by molar-refractivity contribution is 6.10. The van der Waals surface area contributed by atoms with Gasteiger partial charge in [-0.05, 0) is 43.9 Å². The standard InChI is InChI=1S/C15H27BO3/c1-2-3-4-5-6-7-11-12(8-9-15(16)19)14(18)10-13(11)17/h5-6,11-15,17-19H,2-4,7-10H2,1H3/b6-5-/t11-,12-,13+,14-,15+/m1/s1. The first-order chi connectivity index (χ1) is 9.06. The second-order valence-corrected chi connectivity index (χ2v) is 5.69. The van der Waals surface area contributed by atoms with Gasteiger partial charge in [0.05, 0.1) is 12.2 Å². The smallest absolute Gasteiger partial charge is 0.108 e. The molecule has 0 aliphatic heterocycles. The summed E-state index contributed by atoms with van der Waals surface area (Å²) in [6.07, 6.45) is 9.21. The summed E-state index contributed by atoms with van der Waals surface area (Å²) in [7, 11) is 5.35. The molecule has 0 unspecified atom stereocenters. The van der Waals surface area contributed by atoms with Crippen molar-refractivity contribution in [3.63, 3.8) is 0 Å². The van der Waals surface area contributed by atoms with E-state index in [1.54, 1.807) is 0 Å². The minimum Gasteiger partial charge on any atom is -0.403 e. The van der Waals surface area contributed by atoms with Crippen LogP contribution in [0.5, 0.6) is 0 Å². The Kier molecular flexibility index (Phi) is 7.73. The molecule has 5 atom stereocenters. The van der Waals surface area contributed by atoms with Crippen LogP contribution in [0.15, 0.2) is 12.2 Å². The lowest BCUT2D eigenvalue weighted by atomic mass is 9.83. The van der Waals surface area contributed by atoms with Gasteiger partial charge in [0.2, 0.25) is 0 Å². The molecular formula is C15H27BO3. The van der Waals surface area contributed by atoms with Crippen LogP contribution in [-0.4, -0.2) is 41.4 Å². The van der Waals surface area contributed by atoms with E-state index in [4.69, 9.17) is 13.0 Å². The van der Waals surface area contributed by atoms with Gasteiger partial charge in [-0.3, -0.25) is 0 Å². The first-order valence-electron chi connectivity index (χ1n) is 7.51. The Labute approximate surface area is 118 Å². The van der Waals surface area contributed by atoms with Crippen molar-refractivity contribution in [3.8, 4) is 0 Å². The Morgan fingerprint density at radius 3 is 2.53 bits per heavy atom. The predicted octanol–water partition coefficient (Wildman–Crippen LogP) is 1.75. The molecule has 0 saturated heterocycles. The number of allylic oxidation sites excluding steroid dienone is 2. The lowest BCUT2D eigenvalue weighted by Crippen LogP contribution is -2.23. The summed E-state index contributed by atoms with van der Waals surface area (Å²) < 4.78 is 0. The summed E-state index contributed by atoms with van der Waals surface area (Å²) in [6.45, 7) is 2.17. The number of hydrogen-bond donors (Lipinski definition) is 3. The van der Waals surface area contributed by atoms with Crippen LogP contribution < -0.4 is 0 Å². The second-order valence-electron chi connectivity index (χ2n) is 5.69. The third-order valence-corrected chi connectivity index (χ3v) is 4.12. The van der Waals surface area contributed by atoms with Gasteiger partial charge >= 0.3 is 0 Å². The third-order valence-electron chi connectivity index (χ3n) is 4.12. The molecule has 1 saturated carbocycles. The average molecular weight is 266 g/mol. The molecule has 1 aliphatic rings. The van der Waals surface area contributed by atoms with E-state index in [0.29, 0.717) is 19.3 Å². The van der Waals surface area contributed by atoms with Crippen molar-refractivity contribution in [3.05, 3.63) is 12.2 Å². The lowest BCUT2D eigenvalue weighted by molar-refractivity contribution is 0.100. The monoisotopic (exact) mass is 266 g/mol. The van der Waals surface area contributed by atoms with Crippen molar-refractivity contribution in [2.24, 2.45) is 11.8 Å². The Balaban J connectivity index is 2.44. The molecule has 0 spiro atoms. The lowest BCUT2D eigenvalue weighted by Gasteiger charge is -2.23. The average Bonchev–Trinajstić information content (AvgIpc) is 2.61. The molecule has 0 aromatic carbocycles. The molecule has 4 heteroatoms. The van der Waals surface area contributed by atoms with E-state index in [1.165, 1.54) is 12.8 Å². The van der Waals surface area contributed by atoms with Gasteiger partial charge in [0, 0.05) is 6.00 Å². The van der Waals surface area contributed by atoms with Crippen LogP contribution in [-0.2, 0) is 0 Å². The topological polar surface area (TPSA) is 60.7 Å². The molecule has 0 aromatic heterocycles. The molecule has 1 rings (SSSR count). The van der Waals surface area contributed by atoms with E-state index in [-0.39, 0.29) is 11.8 Å². The zero-order chi connectivity index (χ0) is 14.3. The number of hydrogen-bond acceptors (Lipinski definition) is 3. The Morgan fingerprint density at radius 1 is 1.21 bits per heavy atom. The van der Waals surface area contributed by atoms with Crippen molar-refractivity contribution < 1.29 is 15.3 Å². The Hall–Kier alpha value is -0.315. The zero-order valence-electron chi connectivity index (χ0n) is 11.9. The number of unbranched alkanes of at least 4 members (excludes halogenated alkanes) is 2. The van der Waals surface area contributed by atoms with Crippen LogP contribution >= 0.6 is 0 Å². The summed E-state index contributed by atoms with van der Waals surface area (Å²) in [5.74, 6) is 0.135. The van der Waals surface area contributed by atoms with E-state index in [0.717, 1.165) is 12.8 Å². The first kappa shape index (κ1) is 16.7.